The summed E-state index contributed by atoms with van der Waals surface area (Å²) in [7, 11) is 0. The normalized spacial score (nSPS) is 10.8. The third-order valence-electron chi connectivity index (χ3n) is 5.06. The van der Waals surface area contributed by atoms with Gasteiger partial charge in [-0.05, 0) is 43.5 Å². The van der Waals surface area contributed by atoms with Crippen LogP contribution in [0.25, 0.3) is 0 Å². The van der Waals surface area contributed by atoms with Gasteiger partial charge >= 0.3 is 0 Å². The van der Waals surface area contributed by atoms with Gasteiger partial charge in [0.15, 0.2) is 0 Å². The lowest BCUT2D eigenvalue weighted by Crippen LogP contribution is -2.32. The van der Waals surface area contributed by atoms with Crippen LogP contribution >= 0.6 is 11.3 Å². The summed E-state index contributed by atoms with van der Waals surface area (Å²) in [6.07, 6.45) is 3.78. The highest BCUT2D eigenvalue weighted by atomic mass is 32.1. The molecule has 2 heterocycles. The molecule has 2 amide bonds. The van der Waals surface area contributed by atoms with Gasteiger partial charge in [0.05, 0.1) is 13.1 Å². The van der Waals surface area contributed by atoms with Gasteiger partial charge in [0.25, 0.3) is 11.8 Å². The van der Waals surface area contributed by atoms with Gasteiger partial charge in [0.1, 0.15) is 10.7 Å². The summed E-state index contributed by atoms with van der Waals surface area (Å²) in [5, 5.41) is 5.53. The highest BCUT2D eigenvalue weighted by molar-refractivity contribution is 7.09. The standard InChI is InChI=1S/C24H30N4O2S/c1-4-12-25-23(29)21-17-31-22(26-21)16-27-14-8-10-19(27)15-28(13-5-2)24(30)20-11-7-6-9-18(20)3/h6-11,14,17H,4-5,12-13,15-16H2,1-3H3,(H,25,29). The maximum Gasteiger partial charge on any atom is 0.270 e. The summed E-state index contributed by atoms with van der Waals surface area (Å²) in [5.41, 5.74) is 3.24. The smallest absolute Gasteiger partial charge is 0.270 e. The number of rotatable bonds is 10. The van der Waals surface area contributed by atoms with E-state index in [2.05, 4.69) is 21.8 Å². The zero-order valence-electron chi connectivity index (χ0n) is 18.4. The van der Waals surface area contributed by atoms with Crippen LogP contribution in [0.2, 0.25) is 0 Å². The van der Waals surface area contributed by atoms with Gasteiger partial charge < -0.3 is 14.8 Å². The Balaban J connectivity index is 1.73. The van der Waals surface area contributed by atoms with E-state index in [-0.39, 0.29) is 11.8 Å². The fourth-order valence-electron chi connectivity index (χ4n) is 3.41. The average Bonchev–Trinajstić information content (AvgIpc) is 3.41. The predicted octanol–water partition coefficient (Wildman–Crippen LogP) is 4.49. The average molecular weight is 439 g/mol. The Morgan fingerprint density at radius 2 is 1.94 bits per heavy atom. The molecule has 3 aromatic rings. The monoisotopic (exact) mass is 438 g/mol. The van der Waals surface area contributed by atoms with Crippen molar-refractivity contribution in [1.82, 2.24) is 19.8 Å². The van der Waals surface area contributed by atoms with E-state index in [4.69, 9.17) is 0 Å². The first-order valence-corrected chi connectivity index (χ1v) is 11.6. The third-order valence-corrected chi connectivity index (χ3v) is 5.89. The molecule has 0 aliphatic carbocycles. The van der Waals surface area contributed by atoms with E-state index in [0.29, 0.717) is 31.9 Å². The van der Waals surface area contributed by atoms with Crippen molar-refractivity contribution in [2.75, 3.05) is 13.1 Å². The highest BCUT2D eigenvalue weighted by Crippen LogP contribution is 2.17. The summed E-state index contributed by atoms with van der Waals surface area (Å²) < 4.78 is 2.10. The van der Waals surface area contributed by atoms with E-state index in [9.17, 15) is 9.59 Å². The Morgan fingerprint density at radius 3 is 2.68 bits per heavy atom. The number of hydrogen-bond acceptors (Lipinski definition) is 4. The zero-order valence-corrected chi connectivity index (χ0v) is 19.2. The van der Waals surface area contributed by atoms with Crippen molar-refractivity contribution in [2.45, 2.75) is 46.7 Å². The molecule has 0 aliphatic heterocycles. The lowest BCUT2D eigenvalue weighted by Gasteiger charge is -2.24. The van der Waals surface area contributed by atoms with Crippen LogP contribution in [0.4, 0.5) is 0 Å². The molecule has 0 radical (unpaired) electrons. The summed E-state index contributed by atoms with van der Waals surface area (Å²) in [6, 6.07) is 11.7. The minimum Gasteiger partial charge on any atom is -0.351 e. The summed E-state index contributed by atoms with van der Waals surface area (Å²) in [5.74, 6) is -0.0770. The molecule has 0 bridgehead atoms. The Bertz CT molecular complexity index is 1020. The number of nitrogens with one attached hydrogen (secondary N) is 1. The van der Waals surface area contributed by atoms with Crippen molar-refractivity contribution >= 4 is 23.2 Å². The van der Waals surface area contributed by atoms with Gasteiger partial charge in [-0.15, -0.1) is 11.3 Å². The van der Waals surface area contributed by atoms with Gasteiger partial charge in [0, 0.05) is 35.9 Å². The van der Waals surface area contributed by atoms with E-state index in [1.807, 2.05) is 61.3 Å². The molecule has 0 spiro atoms. The summed E-state index contributed by atoms with van der Waals surface area (Å²) >= 11 is 1.48. The Morgan fingerprint density at radius 1 is 1.13 bits per heavy atom. The van der Waals surface area contributed by atoms with Crippen LogP contribution in [-0.4, -0.2) is 39.4 Å². The number of aryl methyl sites for hydroxylation is 1. The molecule has 3 rings (SSSR count). The molecule has 0 aliphatic rings. The molecule has 164 valence electrons. The number of carbonyl (C=O) groups is 2. The first-order chi connectivity index (χ1) is 15.0. The topological polar surface area (TPSA) is 67.2 Å². The van der Waals surface area contributed by atoms with Gasteiger partial charge in [-0.3, -0.25) is 9.59 Å². The molecular formula is C24H30N4O2S. The lowest BCUT2D eigenvalue weighted by molar-refractivity contribution is 0.0738. The molecule has 7 heteroatoms. The number of hydrogen-bond donors (Lipinski definition) is 1. The molecule has 0 saturated carbocycles. The van der Waals surface area contributed by atoms with Gasteiger partial charge in [-0.25, -0.2) is 4.98 Å². The SMILES string of the molecule is CCCNC(=O)c1csc(Cn2cccc2CN(CCC)C(=O)c2ccccc2C)n1. The fraction of sp³-hybridized carbons (Fsp3) is 0.375. The molecule has 0 saturated heterocycles. The number of benzene rings is 1. The number of amides is 2. The number of carbonyl (C=O) groups excluding carboxylic acids is 2. The van der Waals surface area contributed by atoms with E-state index in [1.165, 1.54) is 11.3 Å². The van der Waals surface area contributed by atoms with Crippen LogP contribution < -0.4 is 5.32 Å². The van der Waals surface area contributed by atoms with E-state index < -0.39 is 0 Å². The Labute approximate surface area is 187 Å². The molecule has 1 N–H and O–H groups in total. The third kappa shape index (κ3) is 5.82. The van der Waals surface area contributed by atoms with Crippen LogP contribution in [0.15, 0.2) is 48.0 Å². The van der Waals surface area contributed by atoms with E-state index >= 15 is 0 Å². The predicted molar refractivity (Wildman–Crippen MR) is 124 cm³/mol. The first kappa shape index (κ1) is 22.7. The Kier molecular flexibility index (Phi) is 8.00. The maximum absolute atomic E-state index is 13.2. The second-order valence-electron chi connectivity index (χ2n) is 7.55. The van der Waals surface area contributed by atoms with Crippen molar-refractivity contribution in [2.24, 2.45) is 0 Å². The van der Waals surface area contributed by atoms with Crippen LogP contribution in [0.5, 0.6) is 0 Å². The number of nitrogens with zero attached hydrogens (tertiary/aromatic N) is 3. The highest BCUT2D eigenvalue weighted by Gasteiger charge is 2.19. The molecule has 0 fully saturated rings. The number of aromatic nitrogens is 2. The summed E-state index contributed by atoms with van der Waals surface area (Å²) in [6.45, 7) is 8.52. The molecule has 6 nitrogen and oxygen atoms in total. The van der Waals surface area contributed by atoms with Gasteiger partial charge in [-0.2, -0.15) is 0 Å². The van der Waals surface area contributed by atoms with Crippen LogP contribution in [0.3, 0.4) is 0 Å². The van der Waals surface area contributed by atoms with Crippen LogP contribution in [0.1, 0.15) is 63.8 Å². The largest absolute Gasteiger partial charge is 0.351 e. The number of thiazole rings is 1. The van der Waals surface area contributed by atoms with Crippen LogP contribution in [0, 0.1) is 6.92 Å². The maximum atomic E-state index is 13.2. The van der Waals surface area contributed by atoms with Crippen molar-refractivity contribution in [3.8, 4) is 0 Å². The second-order valence-corrected chi connectivity index (χ2v) is 8.49. The Hall–Kier alpha value is -2.93. The van der Waals surface area contributed by atoms with E-state index in [1.54, 1.807) is 5.38 Å². The van der Waals surface area contributed by atoms with Crippen molar-refractivity contribution in [3.05, 3.63) is 75.5 Å². The zero-order chi connectivity index (χ0) is 22.2. The summed E-state index contributed by atoms with van der Waals surface area (Å²) in [4.78, 5) is 31.7. The molecule has 1 aromatic carbocycles. The molecule has 31 heavy (non-hydrogen) atoms. The van der Waals surface area contributed by atoms with Crippen molar-refractivity contribution in [3.63, 3.8) is 0 Å². The van der Waals surface area contributed by atoms with Crippen molar-refractivity contribution in [1.29, 1.82) is 0 Å². The molecular weight excluding hydrogens is 408 g/mol. The molecule has 2 aromatic heterocycles. The van der Waals surface area contributed by atoms with Crippen molar-refractivity contribution < 1.29 is 9.59 Å². The lowest BCUT2D eigenvalue weighted by atomic mass is 10.1. The minimum absolute atomic E-state index is 0.0526. The first-order valence-electron chi connectivity index (χ1n) is 10.7. The van der Waals surface area contributed by atoms with Gasteiger partial charge in [0.2, 0.25) is 0 Å². The molecule has 0 atom stereocenters. The fourth-order valence-corrected chi connectivity index (χ4v) is 4.18. The quantitative estimate of drug-likeness (QED) is 0.507. The van der Waals surface area contributed by atoms with Crippen LogP contribution in [-0.2, 0) is 13.1 Å². The minimum atomic E-state index is -0.130. The molecule has 0 unspecified atom stereocenters. The second kappa shape index (κ2) is 10.9. The van der Waals surface area contributed by atoms with E-state index in [0.717, 1.165) is 34.7 Å². The van der Waals surface area contributed by atoms with Gasteiger partial charge in [-0.1, -0.05) is 32.0 Å².